The maximum Gasteiger partial charge on any atom is 0.230 e. The van der Waals surface area contributed by atoms with Gasteiger partial charge in [0.25, 0.3) is 0 Å². The molecule has 3 aromatic rings. The third-order valence-corrected chi connectivity index (χ3v) is 6.81. The fourth-order valence-electron chi connectivity index (χ4n) is 3.63. The number of thiazole rings is 1. The molecule has 8 heteroatoms. The van der Waals surface area contributed by atoms with E-state index in [0.29, 0.717) is 0 Å². The van der Waals surface area contributed by atoms with Crippen LogP contribution in [0.3, 0.4) is 0 Å². The fraction of sp³-hybridized carbons (Fsp3) is 0.474. The number of aromatic hydroxyl groups is 1. The van der Waals surface area contributed by atoms with Crippen molar-refractivity contribution in [1.29, 1.82) is 0 Å². The van der Waals surface area contributed by atoms with Crippen LogP contribution >= 0.6 is 27.3 Å². The molecule has 0 radical (unpaired) electrons. The van der Waals surface area contributed by atoms with Gasteiger partial charge in [0.15, 0.2) is 5.82 Å². The van der Waals surface area contributed by atoms with Gasteiger partial charge in [0, 0.05) is 37.1 Å². The van der Waals surface area contributed by atoms with Crippen molar-refractivity contribution in [3.05, 3.63) is 45.0 Å². The second-order valence-electron chi connectivity index (χ2n) is 6.79. The first-order valence-corrected chi connectivity index (χ1v) is 11.0. The van der Waals surface area contributed by atoms with Crippen molar-refractivity contribution >= 4 is 32.2 Å². The summed E-state index contributed by atoms with van der Waals surface area (Å²) in [4.78, 5) is 11.1. The van der Waals surface area contributed by atoms with Crippen molar-refractivity contribution in [2.45, 2.75) is 26.3 Å². The van der Waals surface area contributed by atoms with Crippen molar-refractivity contribution in [3.63, 3.8) is 0 Å². The van der Waals surface area contributed by atoms with Gasteiger partial charge >= 0.3 is 0 Å². The molecule has 0 aliphatic carbocycles. The van der Waals surface area contributed by atoms with E-state index in [2.05, 4.69) is 67.0 Å². The standard InChI is InChI=1S/C19H24BrN5OS/c1-3-15-21-19-25(22-15)18(26)17(27-19)16(13-5-7-14(20)8-6-13)24-11-9-23(4-2)10-12-24/h5-8,16,26H,3-4,9-12H2,1-2H3/t16-/m0/s1. The van der Waals surface area contributed by atoms with Gasteiger partial charge in [0.1, 0.15) is 0 Å². The van der Waals surface area contributed by atoms with Crippen LogP contribution in [0.2, 0.25) is 0 Å². The minimum absolute atomic E-state index is 0.00989. The summed E-state index contributed by atoms with van der Waals surface area (Å²) < 4.78 is 2.65. The third-order valence-electron chi connectivity index (χ3n) is 5.21. The first-order chi connectivity index (χ1) is 13.1. The average molecular weight is 450 g/mol. The Bertz CT molecular complexity index is 914. The van der Waals surface area contributed by atoms with Gasteiger partial charge in [-0.05, 0) is 24.2 Å². The van der Waals surface area contributed by atoms with Crippen molar-refractivity contribution < 1.29 is 5.11 Å². The zero-order valence-electron chi connectivity index (χ0n) is 15.6. The number of nitrogens with zero attached hydrogens (tertiary/aromatic N) is 5. The van der Waals surface area contributed by atoms with Crippen LogP contribution in [0.4, 0.5) is 0 Å². The molecule has 3 heterocycles. The zero-order chi connectivity index (χ0) is 19.0. The molecule has 1 fully saturated rings. The molecule has 1 aliphatic heterocycles. The van der Waals surface area contributed by atoms with E-state index < -0.39 is 0 Å². The molecule has 1 atom stereocenters. The molecule has 0 unspecified atom stereocenters. The molecule has 0 saturated carbocycles. The Morgan fingerprint density at radius 1 is 1.15 bits per heavy atom. The summed E-state index contributed by atoms with van der Waals surface area (Å²) in [6.07, 6.45) is 0.762. The van der Waals surface area contributed by atoms with Crippen molar-refractivity contribution in [2.24, 2.45) is 0 Å². The number of aromatic nitrogens is 3. The highest BCUT2D eigenvalue weighted by Crippen LogP contribution is 2.40. The van der Waals surface area contributed by atoms with Gasteiger partial charge < -0.3 is 10.0 Å². The van der Waals surface area contributed by atoms with Crippen LogP contribution in [-0.2, 0) is 6.42 Å². The molecule has 0 spiro atoms. The normalized spacial score (nSPS) is 17.6. The Morgan fingerprint density at radius 3 is 2.44 bits per heavy atom. The number of aryl methyl sites for hydroxylation is 1. The predicted octanol–water partition coefficient (Wildman–Crippen LogP) is 3.55. The van der Waals surface area contributed by atoms with Crippen molar-refractivity contribution in [1.82, 2.24) is 24.4 Å². The van der Waals surface area contributed by atoms with Gasteiger partial charge in [-0.2, -0.15) is 4.52 Å². The summed E-state index contributed by atoms with van der Waals surface area (Å²) in [5.41, 5.74) is 1.18. The van der Waals surface area contributed by atoms with Crippen LogP contribution in [-0.4, -0.2) is 62.2 Å². The molecule has 2 aromatic heterocycles. The summed E-state index contributed by atoms with van der Waals surface area (Å²) in [6, 6.07) is 8.40. The number of likely N-dealkylation sites (N-methyl/N-ethyl adjacent to an activating group) is 1. The monoisotopic (exact) mass is 449 g/mol. The third kappa shape index (κ3) is 3.63. The van der Waals surface area contributed by atoms with Gasteiger partial charge in [-0.3, -0.25) is 4.90 Å². The number of halogens is 1. The lowest BCUT2D eigenvalue weighted by Crippen LogP contribution is -2.47. The first-order valence-electron chi connectivity index (χ1n) is 9.39. The Kier molecular flexibility index (Phi) is 5.50. The number of piperazine rings is 1. The number of hydrogen-bond acceptors (Lipinski definition) is 6. The molecule has 1 saturated heterocycles. The molecule has 144 valence electrons. The quantitative estimate of drug-likeness (QED) is 0.645. The second kappa shape index (κ2) is 7.87. The van der Waals surface area contributed by atoms with Crippen LogP contribution in [0, 0.1) is 0 Å². The summed E-state index contributed by atoms with van der Waals surface area (Å²) in [7, 11) is 0. The van der Waals surface area contributed by atoms with Crippen LogP contribution in [0.1, 0.15) is 36.2 Å². The number of fused-ring (bicyclic) bond motifs is 1. The van der Waals surface area contributed by atoms with E-state index in [1.54, 1.807) is 4.52 Å². The smallest absolute Gasteiger partial charge is 0.230 e. The van der Waals surface area contributed by atoms with E-state index in [-0.39, 0.29) is 11.9 Å². The van der Waals surface area contributed by atoms with Gasteiger partial charge in [0.05, 0.1) is 10.9 Å². The molecule has 4 rings (SSSR count). The number of benzene rings is 1. The predicted molar refractivity (Wildman–Crippen MR) is 112 cm³/mol. The zero-order valence-corrected chi connectivity index (χ0v) is 18.0. The van der Waals surface area contributed by atoms with Crippen LogP contribution in [0.15, 0.2) is 28.7 Å². The van der Waals surface area contributed by atoms with E-state index in [4.69, 9.17) is 0 Å². The van der Waals surface area contributed by atoms with Gasteiger partial charge in [-0.15, -0.1) is 5.10 Å². The summed E-state index contributed by atoms with van der Waals surface area (Å²) >= 11 is 5.06. The summed E-state index contributed by atoms with van der Waals surface area (Å²) in [6.45, 7) is 9.35. The average Bonchev–Trinajstić information content (AvgIpc) is 3.23. The molecular formula is C19H24BrN5OS. The molecule has 27 heavy (non-hydrogen) atoms. The van der Waals surface area contributed by atoms with E-state index in [1.165, 1.54) is 16.9 Å². The maximum atomic E-state index is 10.9. The topological polar surface area (TPSA) is 56.9 Å². The Hall–Kier alpha value is -1.48. The van der Waals surface area contributed by atoms with Crippen LogP contribution in [0.25, 0.3) is 4.96 Å². The Labute approximate surface area is 171 Å². The lowest BCUT2D eigenvalue weighted by atomic mass is 10.0. The Balaban J connectivity index is 1.74. The van der Waals surface area contributed by atoms with E-state index >= 15 is 0 Å². The number of hydrogen-bond donors (Lipinski definition) is 1. The molecule has 1 aliphatic rings. The van der Waals surface area contributed by atoms with Crippen molar-refractivity contribution in [2.75, 3.05) is 32.7 Å². The maximum absolute atomic E-state index is 10.9. The highest BCUT2D eigenvalue weighted by molar-refractivity contribution is 9.10. The second-order valence-corrected chi connectivity index (χ2v) is 8.71. The lowest BCUT2D eigenvalue weighted by Gasteiger charge is -2.38. The van der Waals surface area contributed by atoms with Crippen molar-refractivity contribution in [3.8, 4) is 5.88 Å². The lowest BCUT2D eigenvalue weighted by molar-refractivity contribution is 0.113. The molecule has 1 N–H and O–H groups in total. The summed E-state index contributed by atoms with van der Waals surface area (Å²) in [5, 5.41) is 15.4. The SMILES string of the molecule is CCc1nc2sc([C@H](c3ccc(Br)cc3)N3CCN(CC)CC3)c(O)n2n1. The van der Waals surface area contributed by atoms with E-state index in [1.807, 2.05) is 6.92 Å². The minimum atomic E-state index is 0.00989. The number of rotatable bonds is 5. The minimum Gasteiger partial charge on any atom is -0.492 e. The molecular weight excluding hydrogens is 426 g/mol. The first kappa shape index (κ1) is 18.9. The molecule has 1 aromatic carbocycles. The Morgan fingerprint density at radius 2 is 1.85 bits per heavy atom. The van der Waals surface area contributed by atoms with E-state index in [0.717, 1.165) is 59.3 Å². The van der Waals surface area contributed by atoms with Gasteiger partial charge in [0.2, 0.25) is 10.8 Å². The highest BCUT2D eigenvalue weighted by atomic mass is 79.9. The largest absolute Gasteiger partial charge is 0.492 e. The fourth-order valence-corrected chi connectivity index (χ4v) is 5.03. The van der Waals surface area contributed by atoms with Gasteiger partial charge in [-0.1, -0.05) is 53.2 Å². The molecule has 6 nitrogen and oxygen atoms in total. The molecule has 0 amide bonds. The van der Waals surface area contributed by atoms with Crippen LogP contribution in [0.5, 0.6) is 5.88 Å². The summed E-state index contributed by atoms with van der Waals surface area (Å²) in [5.74, 6) is 0.980. The van der Waals surface area contributed by atoms with E-state index in [9.17, 15) is 5.11 Å². The molecule has 0 bridgehead atoms. The highest BCUT2D eigenvalue weighted by Gasteiger charge is 2.31. The van der Waals surface area contributed by atoms with Gasteiger partial charge in [-0.25, -0.2) is 4.98 Å². The van der Waals surface area contributed by atoms with Crippen LogP contribution < -0.4 is 0 Å².